The van der Waals surface area contributed by atoms with Crippen LogP contribution in [0.15, 0.2) is 34.8 Å². The van der Waals surface area contributed by atoms with Gasteiger partial charge in [0.15, 0.2) is 0 Å². The predicted octanol–water partition coefficient (Wildman–Crippen LogP) is 6.62. The van der Waals surface area contributed by atoms with Crippen molar-refractivity contribution in [2.24, 2.45) is 0 Å². The van der Waals surface area contributed by atoms with Crippen LogP contribution < -0.4 is 4.74 Å². The zero-order valence-electron chi connectivity index (χ0n) is 11.0. The van der Waals surface area contributed by atoms with Crippen molar-refractivity contribution in [1.82, 2.24) is 0 Å². The summed E-state index contributed by atoms with van der Waals surface area (Å²) in [6.07, 6.45) is 0. The minimum absolute atomic E-state index is 0.346. The van der Waals surface area contributed by atoms with E-state index < -0.39 is 5.38 Å². The van der Waals surface area contributed by atoms with Gasteiger partial charge >= 0.3 is 0 Å². The van der Waals surface area contributed by atoms with Gasteiger partial charge in [-0.05, 0) is 52.2 Å². The van der Waals surface area contributed by atoms with Gasteiger partial charge in [-0.3, -0.25) is 0 Å². The molecule has 6 heteroatoms. The fourth-order valence-electron chi connectivity index (χ4n) is 1.85. The smallest absolute Gasteiger partial charge is 0.139 e. The third-order valence-corrected chi connectivity index (χ3v) is 4.58. The first-order chi connectivity index (χ1) is 9.93. The van der Waals surface area contributed by atoms with Crippen LogP contribution in [0.2, 0.25) is 10.0 Å². The molecule has 0 aromatic heterocycles. The maximum Gasteiger partial charge on any atom is 0.139 e. The Bertz CT molecular complexity index is 664. The van der Waals surface area contributed by atoms with Gasteiger partial charge in [0.1, 0.15) is 11.6 Å². The molecule has 21 heavy (non-hydrogen) atoms. The molecule has 0 amide bonds. The maximum absolute atomic E-state index is 13.3. The summed E-state index contributed by atoms with van der Waals surface area (Å²) < 4.78 is 19.0. The molecule has 0 aliphatic carbocycles. The number of hydrogen-bond donors (Lipinski definition) is 0. The third-order valence-electron chi connectivity index (χ3n) is 2.86. The van der Waals surface area contributed by atoms with E-state index >= 15 is 0 Å². The molecule has 0 heterocycles. The molecule has 112 valence electrons. The van der Waals surface area contributed by atoms with Gasteiger partial charge in [-0.1, -0.05) is 29.3 Å². The van der Waals surface area contributed by atoms with Crippen LogP contribution >= 0.6 is 50.7 Å². The van der Waals surface area contributed by atoms with Gasteiger partial charge in [-0.25, -0.2) is 4.39 Å². The Morgan fingerprint density at radius 1 is 1.19 bits per heavy atom. The lowest BCUT2D eigenvalue weighted by atomic mass is 10.0. The summed E-state index contributed by atoms with van der Waals surface area (Å²) in [6.45, 7) is 2.35. The maximum atomic E-state index is 13.3. The Morgan fingerprint density at radius 2 is 1.90 bits per heavy atom. The number of ether oxygens (including phenoxy) is 1. The lowest BCUT2D eigenvalue weighted by molar-refractivity contribution is 0.340. The van der Waals surface area contributed by atoms with Gasteiger partial charge in [-0.15, -0.1) is 11.6 Å². The highest BCUT2D eigenvalue weighted by Gasteiger charge is 2.18. The van der Waals surface area contributed by atoms with E-state index in [2.05, 4.69) is 15.9 Å². The van der Waals surface area contributed by atoms with Crippen LogP contribution in [-0.2, 0) is 0 Å². The fraction of sp³-hybridized carbons (Fsp3) is 0.200. The Morgan fingerprint density at radius 3 is 2.52 bits per heavy atom. The highest BCUT2D eigenvalue weighted by molar-refractivity contribution is 9.10. The van der Waals surface area contributed by atoms with Gasteiger partial charge in [0.25, 0.3) is 0 Å². The highest BCUT2D eigenvalue weighted by Crippen LogP contribution is 2.39. The molecule has 0 saturated carbocycles. The molecular weight excluding hydrogens is 401 g/mol. The molecule has 2 aromatic carbocycles. The summed E-state index contributed by atoms with van der Waals surface area (Å²) in [6, 6.07) is 7.88. The highest BCUT2D eigenvalue weighted by atomic mass is 79.9. The standard InChI is InChI=1S/C15H11BrCl3FO/c1-2-21-14-7-11(17)9(6-12(14)18)15(19)8-3-4-13(20)10(16)5-8/h3-7,15H,2H2,1H3. The van der Waals surface area contributed by atoms with Gasteiger partial charge in [0, 0.05) is 11.1 Å². The zero-order valence-corrected chi connectivity index (χ0v) is 14.8. The second-order valence-electron chi connectivity index (χ2n) is 4.27. The molecule has 0 N–H and O–H groups in total. The van der Waals surface area contributed by atoms with Crippen molar-refractivity contribution in [2.75, 3.05) is 6.61 Å². The van der Waals surface area contributed by atoms with Gasteiger partial charge in [0.05, 0.1) is 21.5 Å². The summed E-state index contributed by atoms with van der Waals surface area (Å²) in [5.41, 5.74) is 1.36. The largest absolute Gasteiger partial charge is 0.492 e. The number of rotatable bonds is 4. The number of hydrogen-bond acceptors (Lipinski definition) is 1. The first-order valence-electron chi connectivity index (χ1n) is 6.14. The predicted molar refractivity (Wildman–Crippen MR) is 89.4 cm³/mol. The average molecular weight is 413 g/mol. The minimum Gasteiger partial charge on any atom is -0.492 e. The molecule has 0 bridgehead atoms. The molecule has 0 aliphatic rings. The summed E-state index contributed by atoms with van der Waals surface area (Å²) >= 11 is 22.0. The molecule has 1 atom stereocenters. The van der Waals surface area contributed by atoms with Crippen LogP contribution in [0.4, 0.5) is 4.39 Å². The van der Waals surface area contributed by atoms with E-state index in [9.17, 15) is 4.39 Å². The van der Waals surface area contributed by atoms with Crippen molar-refractivity contribution in [2.45, 2.75) is 12.3 Å². The molecular formula is C15H11BrCl3FO. The monoisotopic (exact) mass is 410 g/mol. The van der Waals surface area contributed by atoms with Crippen molar-refractivity contribution in [3.05, 3.63) is 61.8 Å². The Labute approximate surface area is 146 Å². The summed E-state index contributed by atoms with van der Waals surface area (Å²) in [7, 11) is 0. The van der Waals surface area contributed by atoms with Gasteiger partial charge in [-0.2, -0.15) is 0 Å². The molecule has 1 unspecified atom stereocenters. The summed E-state index contributed by atoms with van der Waals surface area (Å²) in [5, 5.41) is 0.342. The Balaban J connectivity index is 2.40. The van der Waals surface area contributed by atoms with Crippen LogP contribution in [0, 0.1) is 5.82 Å². The first kappa shape index (κ1) is 16.9. The summed E-state index contributed by atoms with van der Waals surface area (Å²) in [5.74, 6) is 0.163. The average Bonchev–Trinajstić information content (AvgIpc) is 2.45. The van der Waals surface area contributed by atoms with Gasteiger partial charge < -0.3 is 4.74 Å². The van der Waals surface area contributed by atoms with E-state index in [1.807, 2.05) is 6.92 Å². The SMILES string of the molecule is CCOc1cc(Cl)c(C(Cl)c2ccc(F)c(Br)c2)cc1Cl. The summed E-state index contributed by atoms with van der Waals surface area (Å²) in [4.78, 5) is 0. The number of alkyl halides is 1. The van der Waals surface area contributed by atoms with Crippen molar-refractivity contribution >= 4 is 50.7 Å². The van der Waals surface area contributed by atoms with Crippen LogP contribution in [0.3, 0.4) is 0 Å². The van der Waals surface area contributed by atoms with E-state index in [1.54, 1.807) is 24.3 Å². The molecule has 2 aromatic rings. The van der Waals surface area contributed by atoms with Crippen molar-refractivity contribution in [1.29, 1.82) is 0 Å². The van der Waals surface area contributed by atoms with Crippen LogP contribution in [0.25, 0.3) is 0 Å². The van der Waals surface area contributed by atoms with E-state index in [4.69, 9.17) is 39.5 Å². The molecule has 0 saturated heterocycles. The van der Waals surface area contributed by atoms with Crippen LogP contribution in [0.1, 0.15) is 23.4 Å². The second kappa shape index (κ2) is 7.19. The quantitative estimate of drug-likeness (QED) is 0.513. The third kappa shape index (κ3) is 3.84. The van der Waals surface area contributed by atoms with E-state index in [0.717, 1.165) is 0 Å². The lowest BCUT2D eigenvalue weighted by Gasteiger charge is -2.15. The van der Waals surface area contributed by atoms with E-state index in [-0.39, 0.29) is 5.82 Å². The molecule has 2 rings (SSSR count). The molecule has 1 nitrogen and oxygen atoms in total. The molecule has 0 spiro atoms. The Hall–Kier alpha value is -0.480. The molecule has 0 radical (unpaired) electrons. The zero-order chi connectivity index (χ0) is 15.6. The second-order valence-corrected chi connectivity index (χ2v) is 6.38. The normalized spacial score (nSPS) is 12.3. The first-order valence-corrected chi connectivity index (χ1v) is 8.13. The van der Waals surface area contributed by atoms with Crippen LogP contribution in [-0.4, -0.2) is 6.61 Å². The fourth-order valence-corrected chi connectivity index (χ4v) is 3.11. The minimum atomic E-state index is -0.539. The Kier molecular flexibility index (Phi) is 5.78. The van der Waals surface area contributed by atoms with Crippen molar-refractivity contribution in [3.63, 3.8) is 0 Å². The van der Waals surface area contributed by atoms with E-state index in [1.165, 1.54) is 6.07 Å². The van der Waals surface area contributed by atoms with Gasteiger partial charge in [0.2, 0.25) is 0 Å². The molecule has 0 aliphatic heterocycles. The van der Waals surface area contributed by atoms with E-state index in [0.29, 0.717) is 38.0 Å². The number of benzene rings is 2. The topological polar surface area (TPSA) is 9.23 Å². The van der Waals surface area contributed by atoms with Crippen molar-refractivity contribution in [3.8, 4) is 5.75 Å². The number of halogens is 5. The van der Waals surface area contributed by atoms with Crippen molar-refractivity contribution < 1.29 is 9.13 Å². The molecule has 0 fully saturated rings. The van der Waals surface area contributed by atoms with Crippen LogP contribution in [0.5, 0.6) is 5.75 Å². The lowest BCUT2D eigenvalue weighted by Crippen LogP contribution is -1.98.